The van der Waals surface area contributed by atoms with Gasteiger partial charge in [-0.05, 0) is 40.9 Å². The Hall–Kier alpha value is -0.900. The fraction of sp³-hybridized carbons (Fsp3) is 0.500. The van der Waals surface area contributed by atoms with E-state index in [9.17, 15) is 4.79 Å². The van der Waals surface area contributed by atoms with E-state index >= 15 is 0 Å². The van der Waals surface area contributed by atoms with Crippen molar-refractivity contribution in [3.05, 3.63) is 28.5 Å². The summed E-state index contributed by atoms with van der Waals surface area (Å²) in [6.07, 6.45) is 1.59. The van der Waals surface area contributed by atoms with Crippen LogP contribution < -0.4 is 0 Å². The Labute approximate surface area is 105 Å². The minimum atomic E-state index is 0.0150. The monoisotopic (exact) mass is 284 g/mol. The van der Waals surface area contributed by atoms with Gasteiger partial charge >= 0.3 is 0 Å². The molecule has 0 aliphatic rings. The van der Waals surface area contributed by atoms with Crippen LogP contribution in [0.4, 0.5) is 0 Å². The topological polar surface area (TPSA) is 33.2 Å². The average Bonchev–Trinajstić information content (AvgIpc) is 2.27. The molecular formula is C12H17BrN2O. The minimum absolute atomic E-state index is 0.0150. The van der Waals surface area contributed by atoms with Crippen LogP contribution in [0, 0.1) is 5.92 Å². The first-order valence-corrected chi connectivity index (χ1v) is 6.11. The van der Waals surface area contributed by atoms with Gasteiger partial charge in [0.05, 0.1) is 5.56 Å². The molecule has 0 aliphatic carbocycles. The lowest BCUT2D eigenvalue weighted by molar-refractivity contribution is 0.0706. The normalized spacial score (nSPS) is 12.6. The van der Waals surface area contributed by atoms with Crippen molar-refractivity contribution in [3.8, 4) is 0 Å². The lowest BCUT2D eigenvalue weighted by Crippen LogP contribution is -2.38. The van der Waals surface area contributed by atoms with Crippen LogP contribution in [0.1, 0.15) is 31.1 Å². The van der Waals surface area contributed by atoms with Crippen LogP contribution in [0.3, 0.4) is 0 Å². The van der Waals surface area contributed by atoms with Crippen LogP contribution in [-0.4, -0.2) is 28.9 Å². The molecule has 0 spiro atoms. The summed E-state index contributed by atoms with van der Waals surface area (Å²) < 4.78 is 0.739. The van der Waals surface area contributed by atoms with Gasteiger partial charge in [0.1, 0.15) is 4.60 Å². The molecule has 4 heteroatoms. The van der Waals surface area contributed by atoms with Crippen LogP contribution in [0.2, 0.25) is 0 Å². The summed E-state index contributed by atoms with van der Waals surface area (Å²) in [6, 6.07) is 3.78. The van der Waals surface area contributed by atoms with E-state index in [1.54, 1.807) is 23.2 Å². The van der Waals surface area contributed by atoms with Crippen LogP contribution in [0.25, 0.3) is 0 Å². The second kappa shape index (κ2) is 5.43. The van der Waals surface area contributed by atoms with E-state index in [2.05, 4.69) is 41.7 Å². The summed E-state index contributed by atoms with van der Waals surface area (Å²) in [4.78, 5) is 17.9. The molecule has 1 heterocycles. The van der Waals surface area contributed by atoms with E-state index in [1.807, 2.05) is 7.05 Å². The number of nitrogens with zero attached hydrogens (tertiary/aromatic N) is 2. The Kier molecular flexibility index (Phi) is 4.47. The Balaban J connectivity index is 2.82. The van der Waals surface area contributed by atoms with Gasteiger partial charge in [-0.1, -0.05) is 13.8 Å². The number of amides is 1. The third kappa shape index (κ3) is 3.04. The van der Waals surface area contributed by atoms with Crippen molar-refractivity contribution in [2.45, 2.75) is 26.8 Å². The quantitative estimate of drug-likeness (QED) is 0.800. The molecule has 0 aliphatic heterocycles. The number of carbonyl (C=O) groups is 1. The van der Waals surface area contributed by atoms with Gasteiger partial charge < -0.3 is 4.90 Å². The Morgan fingerprint density at radius 2 is 2.00 bits per heavy atom. The van der Waals surface area contributed by atoms with Gasteiger partial charge in [0.2, 0.25) is 0 Å². The van der Waals surface area contributed by atoms with Crippen LogP contribution in [0.5, 0.6) is 0 Å². The molecule has 1 amide bonds. The van der Waals surface area contributed by atoms with E-state index in [4.69, 9.17) is 0 Å². The van der Waals surface area contributed by atoms with Gasteiger partial charge in [-0.3, -0.25) is 4.79 Å². The maximum Gasteiger partial charge on any atom is 0.255 e. The number of pyridine rings is 1. The molecule has 0 radical (unpaired) electrons. The second-order valence-corrected chi connectivity index (χ2v) is 5.08. The zero-order chi connectivity index (χ0) is 12.3. The van der Waals surface area contributed by atoms with E-state index in [0.29, 0.717) is 11.5 Å². The highest BCUT2D eigenvalue weighted by molar-refractivity contribution is 9.10. The second-order valence-electron chi connectivity index (χ2n) is 4.27. The molecule has 1 aromatic rings. The van der Waals surface area contributed by atoms with Crippen molar-refractivity contribution in [2.75, 3.05) is 7.05 Å². The number of hydrogen-bond donors (Lipinski definition) is 0. The van der Waals surface area contributed by atoms with Gasteiger partial charge in [-0.15, -0.1) is 0 Å². The summed E-state index contributed by atoms with van der Waals surface area (Å²) in [7, 11) is 1.83. The highest BCUT2D eigenvalue weighted by Crippen LogP contribution is 2.13. The zero-order valence-corrected chi connectivity index (χ0v) is 11.7. The molecule has 1 unspecified atom stereocenters. The molecular weight excluding hydrogens is 268 g/mol. The molecule has 0 saturated carbocycles. The van der Waals surface area contributed by atoms with Crippen LogP contribution in [0.15, 0.2) is 22.9 Å². The summed E-state index contributed by atoms with van der Waals surface area (Å²) >= 11 is 3.25. The standard InChI is InChI=1S/C12H17BrN2O/c1-8(2)9(3)15(4)12(16)10-5-6-11(13)14-7-10/h5-9H,1-4H3. The van der Waals surface area contributed by atoms with Crippen LogP contribution >= 0.6 is 15.9 Å². The lowest BCUT2D eigenvalue weighted by atomic mass is 10.0. The SMILES string of the molecule is CC(C)C(C)N(C)C(=O)c1ccc(Br)nc1. The maximum absolute atomic E-state index is 12.1. The molecule has 3 nitrogen and oxygen atoms in total. The van der Waals surface area contributed by atoms with E-state index < -0.39 is 0 Å². The maximum atomic E-state index is 12.1. The van der Waals surface area contributed by atoms with Crippen LogP contribution in [-0.2, 0) is 0 Å². The van der Waals surface area contributed by atoms with Gasteiger partial charge in [-0.25, -0.2) is 4.98 Å². The first kappa shape index (κ1) is 13.2. The first-order valence-electron chi connectivity index (χ1n) is 5.32. The largest absolute Gasteiger partial charge is 0.339 e. The number of halogens is 1. The van der Waals surface area contributed by atoms with Crippen molar-refractivity contribution < 1.29 is 4.79 Å². The first-order chi connectivity index (χ1) is 7.43. The third-order valence-corrected chi connectivity index (χ3v) is 3.34. The molecule has 0 aromatic carbocycles. The van der Waals surface area contributed by atoms with Crippen molar-refractivity contribution >= 4 is 21.8 Å². The number of aromatic nitrogens is 1. The third-order valence-electron chi connectivity index (χ3n) is 2.87. The highest BCUT2D eigenvalue weighted by atomic mass is 79.9. The fourth-order valence-electron chi connectivity index (χ4n) is 1.34. The summed E-state index contributed by atoms with van der Waals surface area (Å²) in [5.41, 5.74) is 0.623. The van der Waals surface area contributed by atoms with Crippen molar-refractivity contribution in [3.63, 3.8) is 0 Å². The fourth-order valence-corrected chi connectivity index (χ4v) is 1.57. The smallest absolute Gasteiger partial charge is 0.255 e. The predicted molar refractivity (Wildman–Crippen MR) is 68.3 cm³/mol. The lowest BCUT2D eigenvalue weighted by Gasteiger charge is -2.27. The van der Waals surface area contributed by atoms with Crippen molar-refractivity contribution in [1.82, 2.24) is 9.88 Å². The highest BCUT2D eigenvalue weighted by Gasteiger charge is 2.19. The van der Waals surface area contributed by atoms with E-state index in [0.717, 1.165) is 4.60 Å². The molecule has 0 saturated heterocycles. The molecule has 1 atom stereocenters. The average molecular weight is 285 g/mol. The molecule has 0 N–H and O–H groups in total. The van der Waals surface area contributed by atoms with Gasteiger partial charge in [0, 0.05) is 19.3 Å². The van der Waals surface area contributed by atoms with Gasteiger partial charge in [-0.2, -0.15) is 0 Å². The molecule has 1 rings (SSSR count). The number of rotatable bonds is 3. The summed E-state index contributed by atoms with van der Waals surface area (Å²) in [5, 5.41) is 0. The zero-order valence-electron chi connectivity index (χ0n) is 10.1. The van der Waals surface area contributed by atoms with Crippen molar-refractivity contribution in [1.29, 1.82) is 0 Å². The van der Waals surface area contributed by atoms with E-state index in [-0.39, 0.29) is 11.9 Å². The molecule has 1 aromatic heterocycles. The van der Waals surface area contributed by atoms with Crippen molar-refractivity contribution in [2.24, 2.45) is 5.92 Å². The predicted octanol–water partition coefficient (Wildman–Crippen LogP) is 2.96. The number of carbonyl (C=O) groups excluding carboxylic acids is 1. The molecule has 0 bridgehead atoms. The number of hydrogen-bond acceptors (Lipinski definition) is 2. The molecule has 16 heavy (non-hydrogen) atoms. The Morgan fingerprint density at radius 3 is 2.44 bits per heavy atom. The van der Waals surface area contributed by atoms with E-state index in [1.165, 1.54) is 0 Å². The summed E-state index contributed by atoms with van der Waals surface area (Å²) in [5.74, 6) is 0.457. The Bertz CT molecular complexity index is 362. The summed E-state index contributed by atoms with van der Waals surface area (Å²) in [6.45, 7) is 6.26. The minimum Gasteiger partial charge on any atom is -0.339 e. The Morgan fingerprint density at radius 1 is 1.38 bits per heavy atom. The van der Waals surface area contributed by atoms with Gasteiger partial charge in [0.25, 0.3) is 5.91 Å². The van der Waals surface area contributed by atoms with Gasteiger partial charge in [0.15, 0.2) is 0 Å². The molecule has 88 valence electrons. The molecule has 0 fully saturated rings.